The van der Waals surface area contributed by atoms with E-state index >= 15 is 0 Å². The number of aliphatic hydroxyl groups excluding tert-OH is 1. The van der Waals surface area contributed by atoms with Crippen LogP contribution in [0.2, 0.25) is 18.1 Å². The van der Waals surface area contributed by atoms with Gasteiger partial charge in [-0.05, 0) is 96.2 Å². The van der Waals surface area contributed by atoms with Crippen LogP contribution in [0.1, 0.15) is 164 Å². The van der Waals surface area contributed by atoms with Gasteiger partial charge < -0.3 is 9.53 Å². The Balaban J connectivity index is 1.79. The average Bonchev–Trinajstić information content (AvgIpc) is 3.60. The zero-order valence-corrected chi connectivity index (χ0v) is 29.3. The fourth-order valence-corrected chi connectivity index (χ4v) is 8.57. The number of aliphatic hydroxyl groups is 1. The SMILES string of the molecule is CC1(C)Cc2nc(C3CCCC3)c([C@H](O)c3cccc(C(C)(C)C)c3)c(C3=CCCC3)c2[C@@H](O[Si](C)(C)C(C)(C)C)C1. The molecule has 0 unspecified atom stereocenters. The van der Waals surface area contributed by atoms with E-state index in [4.69, 9.17) is 9.41 Å². The Morgan fingerprint density at radius 2 is 1.71 bits per heavy atom. The van der Waals surface area contributed by atoms with Gasteiger partial charge in [0.1, 0.15) is 6.10 Å². The molecule has 4 heteroatoms. The van der Waals surface area contributed by atoms with Crippen LogP contribution in [-0.2, 0) is 16.3 Å². The lowest BCUT2D eigenvalue weighted by Crippen LogP contribution is -2.44. The van der Waals surface area contributed by atoms with E-state index in [2.05, 4.69) is 98.8 Å². The van der Waals surface area contributed by atoms with Crippen LogP contribution in [0, 0.1) is 5.41 Å². The molecule has 2 atom stereocenters. The van der Waals surface area contributed by atoms with Crippen LogP contribution in [0.15, 0.2) is 30.3 Å². The van der Waals surface area contributed by atoms with Gasteiger partial charge in [0.15, 0.2) is 8.32 Å². The molecule has 5 rings (SSSR count). The van der Waals surface area contributed by atoms with Gasteiger partial charge in [0.25, 0.3) is 0 Å². The summed E-state index contributed by atoms with van der Waals surface area (Å²) in [4.78, 5) is 5.63. The van der Waals surface area contributed by atoms with E-state index in [-0.39, 0.29) is 22.0 Å². The fraction of sp³-hybridized carbons (Fsp3) is 0.658. The lowest BCUT2D eigenvalue weighted by molar-refractivity contribution is 0.105. The molecular weight excluding hydrogens is 531 g/mol. The highest BCUT2D eigenvalue weighted by Crippen LogP contribution is 2.53. The summed E-state index contributed by atoms with van der Waals surface area (Å²) in [6, 6.07) is 8.69. The van der Waals surface area contributed by atoms with Gasteiger partial charge in [-0.3, -0.25) is 4.98 Å². The molecule has 1 N–H and O–H groups in total. The van der Waals surface area contributed by atoms with Crippen molar-refractivity contribution in [3.8, 4) is 0 Å². The minimum atomic E-state index is -2.07. The van der Waals surface area contributed by atoms with Gasteiger partial charge in [-0.2, -0.15) is 0 Å². The predicted molar refractivity (Wildman–Crippen MR) is 180 cm³/mol. The van der Waals surface area contributed by atoms with E-state index in [0.717, 1.165) is 36.8 Å². The molecule has 230 valence electrons. The number of fused-ring (bicyclic) bond motifs is 1. The highest BCUT2D eigenvalue weighted by Gasteiger charge is 2.45. The average molecular weight is 588 g/mol. The van der Waals surface area contributed by atoms with E-state index in [1.165, 1.54) is 65.8 Å². The van der Waals surface area contributed by atoms with Crippen molar-refractivity contribution in [2.75, 3.05) is 0 Å². The first kappa shape index (κ1) is 31.7. The quantitative estimate of drug-likeness (QED) is 0.342. The van der Waals surface area contributed by atoms with Crippen molar-refractivity contribution in [1.29, 1.82) is 0 Å². The predicted octanol–water partition coefficient (Wildman–Crippen LogP) is 10.7. The Labute approximate surface area is 257 Å². The maximum Gasteiger partial charge on any atom is 0.192 e. The molecule has 1 saturated carbocycles. The maximum absolute atomic E-state index is 12.5. The topological polar surface area (TPSA) is 42.4 Å². The van der Waals surface area contributed by atoms with Gasteiger partial charge in [0.05, 0.1) is 11.8 Å². The Bertz CT molecular complexity index is 1330. The first-order valence-electron chi connectivity index (χ1n) is 16.7. The van der Waals surface area contributed by atoms with Gasteiger partial charge in [-0.15, -0.1) is 0 Å². The third-order valence-corrected chi connectivity index (χ3v) is 15.3. The molecule has 1 aromatic carbocycles. The first-order valence-corrected chi connectivity index (χ1v) is 19.6. The van der Waals surface area contributed by atoms with Crippen molar-refractivity contribution in [2.45, 2.75) is 155 Å². The first-order chi connectivity index (χ1) is 19.5. The van der Waals surface area contributed by atoms with Crippen molar-refractivity contribution < 1.29 is 9.53 Å². The fourth-order valence-electron chi connectivity index (χ4n) is 7.30. The Morgan fingerprint density at radius 1 is 1.02 bits per heavy atom. The van der Waals surface area contributed by atoms with Gasteiger partial charge in [-0.25, -0.2) is 0 Å². The smallest absolute Gasteiger partial charge is 0.192 e. The summed E-state index contributed by atoms with van der Waals surface area (Å²) in [6.07, 6.45) is 11.9. The molecule has 0 aliphatic heterocycles. The Hall–Kier alpha value is -1.75. The summed E-state index contributed by atoms with van der Waals surface area (Å²) in [6.45, 7) is 23.3. The van der Waals surface area contributed by atoms with Crippen LogP contribution >= 0.6 is 0 Å². The second-order valence-corrected chi connectivity index (χ2v) is 21.7. The number of benzene rings is 1. The van der Waals surface area contributed by atoms with Gasteiger partial charge >= 0.3 is 0 Å². The summed E-state index contributed by atoms with van der Waals surface area (Å²) in [7, 11) is -2.07. The van der Waals surface area contributed by atoms with Crippen LogP contribution in [0.4, 0.5) is 0 Å². The molecule has 0 saturated heterocycles. The molecule has 1 heterocycles. The van der Waals surface area contributed by atoms with Gasteiger partial charge in [0, 0.05) is 22.7 Å². The van der Waals surface area contributed by atoms with E-state index in [1.807, 2.05) is 0 Å². The summed E-state index contributed by atoms with van der Waals surface area (Å²) in [5.74, 6) is 0.413. The lowest BCUT2D eigenvalue weighted by atomic mass is 9.71. The molecule has 3 aliphatic carbocycles. The largest absolute Gasteiger partial charge is 0.410 e. The molecule has 3 aliphatic rings. The highest BCUT2D eigenvalue weighted by molar-refractivity contribution is 6.74. The number of aromatic nitrogens is 1. The zero-order chi connectivity index (χ0) is 30.7. The third-order valence-electron chi connectivity index (χ3n) is 10.8. The Morgan fingerprint density at radius 3 is 2.31 bits per heavy atom. The summed E-state index contributed by atoms with van der Waals surface area (Å²) >= 11 is 0. The monoisotopic (exact) mass is 587 g/mol. The van der Waals surface area contributed by atoms with Crippen molar-refractivity contribution in [3.05, 3.63) is 69.5 Å². The van der Waals surface area contributed by atoms with E-state index in [0.29, 0.717) is 5.92 Å². The number of pyridine rings is 1. The standard InChI is InChI=1S/C38H57NO2Si/c1-36(2,3)28-21-15-20-27(22-28)35(40)33-31(25-16-11-12-17-25)32-29(39-34(33)26-18-13-14-19-26)23-38(7,8)24-30(32)41-42(9,10)37(4,5)6/h15-16,20-22,26,30,35,40H,11-14,17-19,23-24H2,1-10H3/t30-,35+/m0/s1. The second-order valence-electron chi connectivity index (χ2n) is 16.9. The van der Waals surface area contributed by atoms with Gasteiger partial charge in [0.2, 0.25) is 0 Å². The molecule has 42 heavy (non-hydrogen) atoms. The van der Waals surface area contributed by atoms with E-state index in [9.17, 15) is 5.11 Å². The molecule has 3 nitrogen and oxygen atoms in total. The highest BCUT2D eigenvalue weighted by atomic mass is 28.4. The summed E-state index contributed by atoms with van der Waals surface area (Å²) in [5.41, 5.74) is 9.88. The van der Waals surface area contributed by atoms with Crippen molar-refractivity contribution in [1.82, 2.24) is 4.98 Å². The number of hydrogen-bond donors (Lipinski definition) is 1. The molecule has 1 aromatic heterocycles. The third kappa shape index (κ3) is 6.24. The molecule has 1 fully saturated rings. The lowest BCUT2D eigenvalue weighted by Gasteiger charge is -2.45. The summed E-state index contributed by atoms with van der Waals surface area (Å²) < 4.78 is 7.37. The van der Waals surface area contributed by atoms with Crippen LogP contribution < -0.4 is 0 Å². The number of hydrogen-bond acceptors (Lipinski definition) is 3. The minimum Gasteiger partial charge on any atom is -0.410 e. The van der Waals surface area contributed by atoms with Crippen molar-refractivity contribution >= 4 is 13.9 Å². The zero-order valence-electron chi connectivity index (χ0n) is 28.3. The second kappa shape index (κ2) is 11.3. The van der Waals surface area contributed by atoms with Crippen LogP contribution in [-0.4, -0.2) is 18.4 Å². The Kier molecular flexibility index (Phi) is 8.53. The van der Waals surface area contributed by atoms with Crippen LogP contribution in [0.25, 0.3) is 5.57 Å². The minimum absolute atomic E-state index is 0.00173. The molecule has 2 aromatic rings. The molecule has 0 amide bonds. The van der Waals surface area contributed by atoms with Crippen LogP contribution in [0.5, 0.6) is 0 Å². The number of nitrogens with zero attached hydrogens (tertiary/aromatic N) is 1. The molecule has 0 radical (unpaired) electrons. The molecular formula is C38H57NO2Si. The molecule has 0 spiro atoms. The molecule has 0 bridgehead atoms. The van der Waals surface area contributed by atoms with E-state index < -0.39 is 14.4 Å². The normalized spacial score (nSPS) is 22.3. The number of allylic oxidation sites excluding steroid dienone is 2. The van der Waals surface area contributed by atoms with E-state index in [1.54, 1.807) is 0 Å². The summed E-state index contributed by atoms with van der Waals surface area (Å²) in [5, 5.41) is 12.6. The maximum atomic E-state index is 12.5. The van der Waals surface area contributed by atoms with Crippen molar-refractivity contribution in [2.24, 2.45) is 5.41 Å². The van der Waals surface area contributed by atoms with Crippen molar-refractivity contribution in [3.63, 3.8) is 0 Å². The number of rotatable bonds is 6. The van der Waals surface area contributed by atoms with Crippen LogP contribution in [0.3, 0.4) is 0 Å². The van der Waals surface area contributed by atoms with Gasteiger partial charge in [-0.1, -0.05) is 98.6 Å².